The zero-order valence-electron chi connectivity index (χ0n) is 24.3. The second kappa shape index (κ2) is 15.0. The molecule has 4 N–H and O–H groups in total. The summed E-state index contributed by atoms with van der Waals surface area (Å²) in [5.41, 5.74) is 2.58. The third kappa shape index (κ3) is 8.35. The van der Waals surface area contributed by atoms with Crippen LogP contribution < -0.4 is 14.2 Å². The summed E-state index contributed by atoms with van der Waals surface area (Å²) in [7, 11) is 0. The number of phenolic OH excluding ortho intramolecular Hbond substituents is 1. The summed E-state index contributed by atoms with van der Waals surface area (Å²) in [6.45, 7) is 2.41. The van der Waals surface area contributed by atoms with Gasteiger partial charge in [-0.2, -0.15) is 0 Å². The maximum atomic E-state index is 13.5. The average molecular weight is 603 g/mol. The molecule has 0 amide bonds. The highest BCUT2D eigenvalue weighted by molar-refractivity contribution is 5.97. The van der Waals surface area contributed by atoms with Gasteiger partial charge in [0.15, 0.2) is 0 Å². The summed E-state index contributed by atoms with van der Waals surface area (Å²) in [4.78, 5) is 26.0. The SMILES string of the molecule is Cc1cc(OC(=O)c2c(C)cc(OCc3ccccc3)cc2OCc2ccccc2)cc(O)c1C(=O)OC[C@H](O)[C@H](O)CO. The lowest BCUT2D eigenvalue weighted by Gasteiger charge is -2.17. The van der Waals surface area contributed by atoms with Crippen LogP contribution in [0.4, 0.5) is 0 Å². The molecular formula is C34H34O10. The van der Waals surface area contributed by atoms with E-state index < -0.39 is 43.1 Å². The van der Waals surface area contributed by atoms with Crippen molar-refractivity contribution in [3.05, 3.63) is 118 Å². The van der Waals surface area contributed by atoms with E-state index in [2.05, 4.69) is 0 Å². The van der Waals surface area contributed by atoms with E-state index in [0.29, 0.717) is 17.9 Å². The van der Waals surface area contributed by atoms with Gasteiger partial charge in [0.1, 0.15) is 66.2 Å². The number of hydrogen-bond donors (Lipinski definition) is 4. The summed E-state index contributed by atoms with van der Waals surface area (Å²) in [6, 6.07) is 24.9. The van der Waals surface area contributed by atoms with Gasteiger partial charge in [-0.05, 0) is 48.2 Å². The highest BCUT2D eigenvalue weighted by atomic mass is 16.5. The molecule has 0 fully saturated rings. The highest BCUT2D eigenvalue weighted by Gasteiger charge is 2.24. The largest absolute Gasteiger partial charge is 0.507 e. The molecule has 0 saturated carbocycles. The Labute approximate surface area is 254 Å². The van der Waals surface area contributed by atoms with Gasteiger partial charge in [0.25, 0.3) is 0 Å². The third-order valence-electron chi connectivity index (χ3n) is 6.68. The Morgan fingerprint density at radius 3 is 1.86 bits per heavy atom. The molecule has 230 valence electrons. The number of aryl methyl sites for hydroxylation is 2. The predicted molar refractivity (Wildman–Crippen MR) is 160 cm³/mol. The predicted octanol–water partition coefficient (Wildman–Crippen LogP) is 4.26. The Balaban J connectivity index is 1.55. The van der Waals surface area contributed by atoms with Crippen LogP contribution in [-0.2, 0) is 18.0 Å². The van der Waals surface area contributed by atoms with Crippen molar-refractivity contribution in [1.29, 1.82) is 0 Å². The van der Waals surface area contributed by atoms with Crippen molar-refractivity contribution in [2.24, 2.45) is 0 Å². The van der Waals surface area contributed by atoms with Crippen molar-refractivity contribution >= 4 is 11.9 Å². The fourth-order valence-corrected chi connectivity index (χ4v) is 4.34. The number of ether oxygens (including phenoxy) is 4. The number of phenols is 1. The molecule has 0 radical (unpaired) electrons. The van der Waals surface area contributed by atoms with Gasteiger partial charge in [0, 0.05) is 12.1 Å². The summed E-state index contributed by atoms with van der Waals surface area (Å²) >= 11 is 0. The monoisotopic (exact) mass is 602 g/mol. The summed E-state index contributed by atoms with van der Waals surface area (Å²) in [5.74, 6) is -1.53. The molecule has 10 nitrogen and oxygen atoms in total. The first-order valence-electron chi connectivity index (χ1n) is 13.8. The first-order chi connectivity index (χ1) is 21.2. The Kier molecular flexibility index (Phi) is 10.9. The zero-order chi connectivity index (χ0) is 31.6. The quantitative estimate of drug-likeness (QED) is 0.129. The number of aromatic hydroxyl groups is 1. The lowest BCUT2D eigenvalue weighted by Crippen LogP contribution is -2.34. The topological polar surface area (TPSA) is 152 Å². The first-order valence-corrected chi connectivity index (χ1v) is 13.8. The molecule has 4 aromatic rings. The molecule has 0 saturated heterocycles. The van der Waals surface area contributed by atoms with E-state index in [0.717, 1.165) is 17.2 Å². The molecule has 44 heavy (non-hydrogen) atoms. The molecule has 4 aromatic carbocycles. The number of carbonyl (C=O) groups is 2. The molecule has 10 heteroatoms. The summed E-state index contributed by atoms with van der Waals surface area (Å²) < 4.78 is 22.6. The van der Waals surface area contributed by atoms with Crippen molar-refractivity contribution in [2.75, 3.05) is 13.2 Å². The zero-order valence-corrected chi connectivity index (χ0v) is 24.3. The van der Waals surface area contributed by atoms with E-state index in [9.17, 15) is 24.9 Å². The van der Waals surface area contributed by atoms with Gasteiger partial charge in [-0.1, -0.05) is 60.7 Å². The molecule has 0 unspecified atom stereocenters. The fourth-order valence-electron chi connectivity index (χ4n) is 4.34. The second-order valence-corrected chi connectivity index (χ2v) is 10.1. The molecule has 0 spiro atoms. The smallest absolute Gasteiger partial charge is 0.347 e. The third-order valence-corrected chi connectivity index (χ3v) is 6.68. The van der Waals surface area contributed by atoms with Crippen molar-refractivity contribution in [3.8, 4) is 23.0 Å². The molecule has 2 atom stereocenters. The Morgan fingerprint density at radius 2 is 1.27 bits per heavy atom. The molecule has 0 aromatic heterocycles. The van der Waals surface area contributed by atoms with Gasteiger partial charge >= 0.3 is 11.9 Å². The van der Waals surface area contributed by atoms with E-state index in [4.69, 9.17) is 24.1 Å². The van der Waals surface area contributed by atoms with E-state index in [1.54, 1.807) is 19.1 Å². The minimum absolute atomic E-state index is 0.0323. The van der Waals surface area contributed by atoms with Crippen LogP contribution in [0.1, 0.15) is 43.0 Å². The molecular weight excluding hydrogens is 568 g/mol. The van der Waals surface area contributed by atoms with Gasteiger partial charge in [-0.25, -0.2) is 9.59 Å². The van der Waals surface area contributed by atoms with Crippen LogP contribution >= 0.6 is 0 Å². The molecule has 4 rings (SSSR count). The number of carbonyl (C=O) groups excluding carboxylic acids is 2. The van der Waals surface area contributed by atoms with Gasteiger partial charge in [0.05, 0.1) is 6.61 Å². The minimum atomic E-state index is -1.51. The van der Waals surface area contributed by atoms with E-state index in [1.807, 2.05) is 60.7 Å². The van der Waals surface area contributed by atoms with Gasteiger partial charge in [0.2, 0.25) is 0 Å². The van der Waals surface area contributed by atoms with Gasteiger partial charge < -0.3 is 39.4 Å². The van der Waals surface area contributed by atoms with Crippen LogP contribution in [0, 0.1) is 13.8 Å². The minimum Gasteiger partial charge on any atom is -0.507 e. The molecule has 0 aliphatic heterocycles. The number of benzene rings is 4. The maximum absolute atomic E-state index is 13.5. The molecule has 0 bridgehead atoms. The second-order valence-electron chi connectivity index (χ2n) is 10.1. The van der Waals surface area contributed by atoms with Crippen LogP contribution in [0.2, 0.25) is 0 Å². The van der Waals surface area contributed by atoms with Crippen molar-refractivity contribution in [2.45, 2.75) is 39.3 Å². The van der Waals surface area contributed by atoms with E-state index >= 15 is 0 Å². The number of rotatable bonds is 13. The van der Waals surface area contributed by atoms with Crippen LogP contribution in [0.15, 0.2) is 84.9 Å². The lowest BCUT2D eigenvalue weighted by atomic mass is 10.1. The van der Waals surface area contributed by atoms with Crippen LogP contribution in [0.3, 0.4) is 0 Å². The van der Waals surface area contributed by atoms with Gasteiger partial charge in [-0.15, -0.1) is 0 Å². The molecule has 0 heterocycles. The van der Waals surface area contributed by atoms with Crippen LogP contribution in [0.25, 0.3) is 0 Å². The number of esters is 2. The van der Waals surface area contributed by atoms with Crippen molar-refractivity contribution < 1.29 is 49.0 Å². The van der Waals surface area contributed by atoms with E-state index in [-0.39, 0.29) is 34.8 Å². The summed E-state index contributed by atoms with van der Waals surface area (Å²) in [6.07, 6.45) is -3.00. The molecule has 0 aliphatic carbocycles. The number of aliphatic hydroxyl groups excluding tert-OH is 3. The lowest BCUT2D eigenvalue weighted by molar-refractivity contribution is -0.0468. The van der Waals surface area contributed by atoms with Crippen molar-refractivity contribution in [3.63, 3.8) is 0 Å². The van der Waals surface area contributed by atoms with E-state index in [1.165, 1.54) is 13.0 Å². The number of hydrogen-bond acceptors (Lipinski definition) is 10. The Hall–Kier alpha value is -4.90. The number of aliphatic hydroxyl groups is 3. The highest BCUT2D eigenvalue weighted by Crippen LogP contribution is 2.33. The maximum Gasteiger partial charge on any atom is 0.347 e. The van der Waals surface area contributed by atoms with Crippen molar-refractivity contribution in [1.82, 2.24) is 0 Å². The molecule has 0 aliphatic rings. The Morgan fingerprint density at radius 1 is 0.705 bits per heavy atom. The van der Waals surface area contributed by atoms with Gasteiger partial charge in [-0.3, -0.25) is 0 Å². The van der Waals surface area contributed by atoms with Crippen LogP contribution in [0.5, 0.6) is 23.0 Å². The van der Waals surface area contributed by atoms with Crippen LogP contribution in [-0.4, -0.2) is 57.8 Å². The fraction of sp³-hybridized carbons (Fsp3) is 0.235. The average Bonchev–Trinajstić information content (AvgIpc) is 3.01. The Bertz CT molecular complexity index is 1550. The first kappa shape index (κ1) is 32.0. The normalized spacial score (nSPS) is 12.2. The summed E-state index contributed by atoms with van der Waals surface area (Å²) in [5, 5.41) is 38.7. The standard InChI is InChI=1S/C34H34O10/c1-21-14-26(15-27(36)31(21)33(39)43-20-29(38)28(37)17-35)44-34(40)32-22(2)13-25(41-18-23-9-5-3-6-10-23)16-30(32)42-19-24-11-7-4-8-12-24/h3-16,28-29,35-38H,17-20H2,1-2H3/t28-,29+/m1/s1.